The van der Waals surface area contributed by atoms with Crippen molar-refractivity contribution in [2.75, 3.05) is 12.4 Å². The molecule has 6 heteroatoms. The molecule has 1 heterocycles. The van der Waals surface area contributed by atoms with Crippen LogP contribution in [0.4, 0.5) is 5.82 Å². The van der Waals surface area contributed by atoms with E-state index in [0.29, 0.717) is 5.82 Å². The molecule has 0 bridgehead atoms. The standard InChI is InChI=1S/C13H14N4O2/c1-19-10-4-2-3-8-5-6-9(12(8)10)13(18)15-11-7-14-17-16-11/h2-4,7,9H,5-6H2,1H3,(H2,14,15,16,17,18)/t9-/m1/s1. The molecular formula is C13H14N4O2. The number of rotatable bonds is 3. The average Bonchev–Trinajstić information content (AvgIpc) is 3.06. The van der Waals surface area contributed by atoms with Crippen molar-refractivity contribution in [3.63, 3.8) is 0 Å². The van der Waals surface area contributed by atoms with Gasteiger partial charge in [0.15, 0.2) is 5.82 Å². The number of benzene rings is 1. The second-order valence-corrected chi connectivity index (χ2v) is 4.47. The van der Waals surface area contributed by atoms with Crippen LogP contribution in [0.2, 0.25) is 0 Å². The molecule has 0 radical (unpaired) electrons. The first-order chi connectivity index (χ1) is 9.29. The lowest BCUT2D eigenvalue weighted by molar-refractivity contribution is -0.117. The van der Waals surface area contributed by atoms with Crippen molar-refractivity contribution in [1.82, 2.24) is 15.4 Å². The van der Waals surface area contributed by atoms with Crippen LogP contribution in [0.1, 0.15) is 23.5 Å². The summed E-state index contributed by atoms with van der Waals surface area (Å²) in [5, 5.41) is 12.7. The molecule has 0 saturated carbocycles. The number of hydrogen-bond donors (Lipinski definition) is 2. The highest BCUT2D eigenvalue weighted by Gasteiger charge is 2.31. The highest BCUT2D eigenvalue weighted by atomic mass is 16.5. The summed E-state index contributed by atoms with van der Waals surface area (Å²) >= 11 is 0. The molecule has 1 atom stereocenters. The predicted molar refractivity (Wildman–Crippen MR) is 69.1 cm³/mol. The largest absolute Gasteiger partial charge is 0.496 e. The Hall–Kier alpha value is -2.37. The molecule has 3 rings (SSSR count). The quantitative estimate of drug-likeness (QED) is 0.874. The highest BCUT2D eigenvalue weighted by molar-refractivity contribution is 5.96. The van der Waals surface area contributed by atoms with Crippen molar-refractivity contribution >= 4 is 11.7 Å². The first-order valence-electron chi connectivity index (χ1n) is 6.12. The van der Waals surface area contributed by atoms with Gasteiger partial charge in [0, 0.05) is 5.56 Å². The van der Waals surface area contributed by atoms with Crippen LogP contribution in [0.25, 0.3) is 0 Å². The first kappa shape index (κ1) is 11.7. The Morgan fingerprint density at radius 3 is 3.16 bits per heavy atom. The molecule has 1 aromatic carbocycles. The number of aryl methyl sites for hydroxylation is 1. The maximum Gasteiger partial charge on any atom is 0.233 e. The van der Waals surface area contributed by atoms with Crippen molar-refractivity contribution in [1.29, 1.82) is 0 Å². The molecule has 0 unspecified atom stereocenters. The molecule has 1 aliphatic rings. The minimum absolute atomic E-state index is 0.0721. The fourth-order valence-corrected chi connectivity index (χ4v) is 2.56. The zero-order chi connectivity index (χ0) is 13.2. The molecule has 0 fully saturated rings. The summed E-state index contributed by atoms with van der Waals surface area (Å²) in [7, 11) is 1.63. The maximum absolute atomic E-state index is 12.3. The molecular weight excluding hydrogens is 244 g/mol. The summed E-state index contributed by atoms with van der Waals surface area (Å²) in [6, 6.07) is 5.89. The minimum Gasteiger partial charge on any atom is -0.496 e. The number of amides is 1. The van der Waals surface area contributed by atoms with E-state index in [4.69, 9.17) is 4.74 Å². The summed E-state index contributed by atoms with van der Waals surface area (Å²) in [6.45, 7) is 0. The van der Waals surface area contributed by atoms with E-state index < -0.39 is 0 Å². The Morgan fingerprint density at radius 2 is 2.42 bits per heavy atom. The van der Waals surface area contributed by atoms with Crippen LogP contribution in [0, 0.1) is 0 Å². The molecule has 2 N–H and O–H groups in total. The van der Waals surface area contributed by atoms with Gasteiger partial charge in [0.1, 0.15) is 5.75 Å². The van der Waals surface area contributed by atoms with E-state index in [1.54, 1.807) is 7.11 Å². The topological polar surface area (TPSA) is 79.9 Å². The number of nitrogens with zero attached hydrogens (tertiary/aromatic N) is 2. The third kappa shape index (κ3) is 2.05. The van der Waals surface area contributed by atoms with Crippen LogP contribution in [0.3, 0.4) is 0 Å². The third-order valence-electron chi connectivity index (χ3n) is 3.41. The Morgan fingerprint density at radius 1 is 1.53 bits per heavy atom. The molecule has 6 nitrogen and oxygen atoms in total. The minimum atomic E-state index is -0.192. The van der Waals surface area contributed by atoms with E-state index in [-0.39, 0.29) is 11.8 Å². The number of methoxy groups -OCH3 is 1. The first-order valence-corrected chi connectivity index (χ1v) is 6.12. The second-order valence-electron chi connectivity index (χ2n) is 4.47. The number of carbonyl (C=O) groups is 1. The molecule has 0 spiro atoms. The van der Waals surface area contributed by atoms with Gasteiger partial charge in [0.25, 0.3) is 0 Å². The van der Waals surface area contributed by atoms with Gasteiger partial charge in [-0.3, -0.25) is 4.79 Å². The summed E-state index contributed by atoms with van der Waals surface area (Å²) in [4.78, 5) is 12.3. The Balaban J connectivity index is 1.87. The average molecular weight is 258 g/mol. The molecule has 2 aromatic rings. The fourth-order valence-electron chi connectivity index (χ4n) is 2.56. The predicted octanol–water partition coefficient (Wildman–Crippen LogP) is 1.48. The molecule has 19 heavy (non-hydrogen) atoms. The van der Waals surface area contributed by atoms with Gasteiger partial charge in [-0.25, -0.2) is 0 Å². The Bertz CT molecular complexity index is 595. The summed E-state index contributed by atoms with van der Waals surface area (Å²) in [5.41, 5.74) is 2.17. The number of aromatic nitrogens is 3. The van der Waals surface area contributed by atoms with Gasteiger partial charge in [-0.2, -0.15) is 10.3 Å². The van der Waals surface area contributed by atoms with E-state index in [2.05, 4.69) is 20.7 Å². The van der Waals surface area contributed by atoms with Crippen molar-refractivity contribution in [2.24, 2.45) is 0 Å². The zero-order valence-corrected chi connectivity index (χ0v) is 10.5. The van der Waals surface area contributed by atoms with Crippen LogP contribution < -0.4 is 10.1 Å². The second kappa shape index (κ2) is 4.72. The molecule has 98 valence electrons. The normalized spacial score (nSPS) is 17.0. The molecule has 1 aliphatic carbocycles. The molecule has 0 saturated heterocycles. The van der Waals surface area contributed by atoms with E-state index in [1.165, 1.54) is 11.8 Å². The number of hydrogen-bond acceptors (Lipinski definition) is 4. The molecule has 0 aliphatic heterocycles. The fraction of sp³-hybridized carbons (Fsp3) is 0.308. The lowest BCUT2D eigenvalue weighted by Crippen LogP contribution is -2.20. The zero-order valence-electron chi connectivity index (χ0n) is 10.5. The number of aromatic amines is 1. The van der Waals surface area contributed by atoms with Crippen LogP contribution in [-0.2, 0) is 11.2 Å². The smallest absolute Gasteiger partial charge is 0.233 e. The highest BCUT2D eigenvalue weighted by Crippen LogP contribution is 2.39. The number of fused-ring (bicyclic) bond motifs is 1. The van der Waals surface area contributed by atoms with Gasteiger partial charge in [-0.1, -0.05) is 12.1 Å². The number of anilines is 1. The SMILES string of the molecule is COc1cccc2c1[C@H](C(=O)Nc1cn[nH]n1)CC2. The van der Waals surface area contributed by atoms with Gasteiger partial charge < -0.3 is 10.1 Å². The maximum atomic E-state index is 12.3. The van der Waals surface area contributed by atoms with Gasteiger partial charge in [-0.15, -0.1) is 5.10 Å². The number of carbonyl (C=O) groups excluding carboxylic acids is 1. The van der Waals surface area contributed by atoms with Crippen LogP contribution >= 0.6 is 0 Å². The van der Waals surface area contributed by atoms with Crippen molar-refractivity contribution in [3.05, 3.63) is 35.5 Å². The molecule has 1 aromatic heterocycles. The Labute approximate surface area is 110 Å². The lowest BCUT2D eigenvalue weighted by Gasteiger charge is -2.14. The summed E-state index contributed by atoms with van der Waals surface area (Å²) in [6.07, 6.45) is 3.17. The summed E-state index contributed by atoms with van der Waals surface area (Å²) < 4.78 is 5.36. The van der Waals surface area contributed by atoms with Gasteiger partial charge in [-0.05, 0) is 24.5 Å². The lowest BCUT2D eigenvalue weighted by atomic mass is 9.99. The third-order valence-corrected chi connectivity index (χ3v) is 3.41. The van der Waals surface area contributed by atoms with Gasteiger partial charge in [0.05, 0.1) is 19.2 Å². The van der Waals surface area contributed by atoms with Crippen molar-refractivity contribution < 1.29 is 9.53 Å². The van der Waals surface area contributed by atoms with Crippen LogP contribution in [-0.4, -0.2) is 28.4 Å². The summed E-state index contributed by atoms with van der Waals surface area (Å²) in [5.74, 6) is 0.948. The van der Waals surface area contributed by atoms with E-state index in [0.717, 1.165) is 24.2 Å². The van der Waals surface area contributed by atoms with Crippen molar-refractivity contribution in [2.45, 2.75) is 18.8 Å². The van der Waals surface area contributed by atoms with Crippen molar-refractivity contribution in [3.8, 4) is 5.75 Å². The van der Waals surface area contributed by atoms with Gasteiger partial charge >= 0.3 is 0 Å². The number of nitrogens with one attached hydrogen (secondary N) is 2. The number of ether oxygens (including phenoxy) is 1. The van der Waals surface area contributed by atoms with E-state index in [1.807, 2.05) is 18.2 Å². The Kier molecular flexibility index (Phi) is 2.91. The van der Waals surface area contributed by atoms with E-state index in [9.17, 15) is 4.79 Å². The van der Waals surface area contributed by atoms with Gasteiger partial charge in [0.2, 0.25) is 5.91 Å². The molecule has 1 amide bonds. The number of H-pyrrole nitrogens is 1. The van der Waals surface area contributed by atoms with Crippen LogP contribution in [0.15, 0.2) is 24.4 Å². The van der Waals surface area contributed by atoms with Crippen LogP contribution in [0.5, 0.6) is 5.75 Å². The monoisotopic (exact) mass is 258 g/mol. The van der Waals surface area contributed by atoms with E-state index >= 15 is 0 Å².